The quantitative estimate of drug-likeness (QED) is 0.324. The second-order valence-corrected chi connectivity index (χ2v) is 16.0. The fourth-order valence-electron chi connectivity index (χ4n) is 6.65. The third-order valence-electron chi connectivity index (χ3n) is 8.97. The van der Waals surface area contributed by atoms with Crippen molar-refractivity contribution in [3.63, 3.8) is 0 Å². The number of sulfone groups is 1. The Kier molecular flexibility index (Phi) is 7.47. The molecule has 5 rings (SSSR count). The number of nitrogens with one attached hydrogen (secondary N) is 1. The summed E-state index contributed by atoms with van der Waals surface area (Å²) in [7, 11) is -7.84. The van der Waals surface area contributed by atoms with Crippen LogP contribution in [-0.4, -0.2) is 65.5 Å². The molecule has 0 aromatic heterocycles. The molecule has 1 N–H and O–H groups in total. The Morgan fingerprint density at radius 3 is 2.05 bits per heavy atom. The normalized spacial score (nSPS) is 29.7. The van der Waals surface area contributed by atoms with Crippen molar-refractivity contribution in [3.05, 3.63) is 65.0 Å². The van der Waals surface area contributed by atoms with Crippen molar-refractivity contribution >= 4 is 25.5 Å². The van der Waals surface area contributed by atoms with Gasteiger partial charge in [-0.2, -0.15) is 26.3 Å². The van der Waals surface area contributed by atoms with E-state index in [4.69, 9.17) is 4.78 Å². The number of alkyl halides is 8. The summed E-state index contributed by atoms with van der Waals surface area (Å²) in [6.07, 6.45) is -15.2. The van der Waals surface area contributed by atoms with Gasteiger partial charge in [-0.1, -0.05) is 18.2 Å². The Morgan fingerprint density at radius 1 is 0.932 bits per heavy atom. The first-order valence-corrected chi connectivity index (χ1v) is 16.7. The zero-order valence-corrected chi connectivity index (χ0v) is 24.2. The minimum absolute atomic E-state index is 0.206. The molecule has 6 nitrogen and oxygen atoms in total. The number of halogens is 9. The lowest BCUT2D eigenvalue weighted by Crippen LogP contribution is -2.57. The van der Waals surface area contributed by atoms with Crippen molar-refractivity contribution in [2.24, 2.45) is 0 Å². The number of amides is 1. The van der Waals surface area contributed by atoms with E-state index in [1.807, 2.05) is 0 Å². The van der Waals surface area contributed by atoms with Gasteiger partial charge in [-0.05, 0) is 54.7 Å². The molecule has 2 saturated heterocycles. The highest BCUT2D eigenvalue weighted by Crippen LogP contribution is 2.57. The monoisotopic (exact) mass is 676 g/mol. The van der Waals surface area contributed by atoms with Gasteiger partial charge in [0.15, 0.2) is 15.5 Å². The lowest BCUT2D eigenvalue weighted by atomic mass is 9.76. The third kappa shape index (κ3) is 4.70. The van der Waals surface area contributed by atoms with Crippen LogP contribution in [0.5, 0.6) is 0 Å². The van der Waals surface area contributed by atoms with Gasteiger partial charge < -0.3 is 4.90 Å². The van der Waals surface area contributed by atoms with Gasteiger partial charge in [-0.15, -0.1) is 0 Å². The predicted molar refractivity (Wildman–Crippen MR) is 139 cm³/mol. The molecule has 2 aliphatic heterocycles. The number of benzene rings is 2. The highest BCUT2D eigenvalue weighted by atomic mass is 32.2. The molecule has 0 saturated carbocycles. The molecule has 2 heterocycles. The van der Waals surface area contributed by atoms with Crippen LogP contribution >= 0.6 is 0 Å². The third-order valence-corrected chi connectivity index (χ3v) is 13.2. The van der Waals surface area contributed by atoms with E-state index in [-0.39, 0.29) is 36.6 Å². The van der Waals surface area contributed by atoms with Crippen LogP contribution in [0.4, 0.5) is 39.5 Å². The van der Waals surface area contributed by atoms with Gasteiger partial charge in [0.25, 0.3) is 5.91 Å². The average Bonchev–Trinajstić information content (AvgIpc) is 3.34. The summed E-state index contributed by atoms with van der Waals surface area (Å²) in [5.74, 6) is -2.77. The van der Waals surface area contributed by atoms with Gasteiger partial charge >= 0.3 is 18.0 Å². The number of carbonyl (C=O) groups is 1. The molecule has 2 fully saturated rings. The molecule has 2 aromatic rings. The second kappa shape index (κ2) is 10.1. The maximum absolute atomic E-state index is 16.0. The van der Waals surface area contributed by atoms with E-state index in [0.717, 1.165) is 29.2 Å². The van der Waals surface area contributed by atoms with Gasteiger partial charge in [0, 0.05) is 46.2 Å². The van der Waals surface area contributed by atoms with E-state index in [2.05, 4.69) is 0 Å². The molecule has 0 bridgehead atoms. The maximum Gasteiger partial charge on any atom is 0.435 e. The van der Waals surface area contributed by atoms with Crippen molar-refractivity contribution in [2.75, 3.05) is 18.1 Å². The summed E-state index contributed by atoms with van der Waals surface area (Å²) in [5.41, 5.74) is -10.8. The summed E-state index contributed by atoms with van der Waals surface area (Å²) < 4.78 is 172. The molecule has 242 valence electrons. The Balaban J connectivity index is 1.67. The molecule has 1 aliphatic carbocycles. The van der Waals surface area contributed by atoms with Crippen molar-refractivity contribution < 1.29 is 56.9 Å². The molecule has 0 spiro atoms. The van der Waals surface area contributed by atoms with Gasteiger partial charge in [-0.25, -0.2) is 25.8 Å². The van der Waals surface area contributed by atoms with Crippen LogP contribution in [0.25, 0.3) is 0 Å². The summed E-state index contributed by atoms with van der Waals surface area (Å²) in [6.45, 7) is -0.384. The highest BCUT2D eigenvalue weighted by molar-refractivity contribution is 7.92. The average molecular weight is 677 g/mol. The number of nitrogens with zero attached hydrogens (tertiary/aromatic N) is 1. The number of hydrogen-bond donors (Lipinski definition) is 1. The van der Waals surface area contributed by atoms with E-state index >= 15 is 4.39 Å². The van der Waals surface area contributed by atoms with Gasteiger partial charge in [0.05, 0.1) is 10.9 Å². The smallest absolute Gasteiger partial charge is 0.335 e. The first-order chi connectivity index (χ1) is 20.1. The van der Waals surface area contributed by atoms with E-state index in [9.17, 15) is 52.5 Å². The largest absolute Gasteiger partial charge is 0.435 e. The summed E-state index contributed by atoms with van der Waals surface area (Å²) in [5, 5.41) is 0. The fourth-order valence-corrected chi connectivity index (χ4v) is 10.5. The van der Waals surface area contributed by atoms with Crippen molar-refractivity contribution in [2.45, 2.75) is 71.5 Å². The number of fused-ring (bicyclic) bond motifs is 3. The number of aryl methyl sites for hydroxylation is 1. The summed E-state index contributed by atoms with van der Waals surface area (Å²) >= 11 is 0. The number of hydrogen-bond acceptors (Lipinski definition) is 5. The highest BCUT2D eigenvalue weighted by Gasteiger charge is 2.74. The van der Waals surface area contributed by atoms with E-state index in [0.29, 0.717) is 12.1 Å². The number of likely N-dealkylation sites (tertiary alicyclic amines) is 1. The van der Waals surface area contributed by atoms with Crippen LogP contribution in [-0.2, 0) is 41.2 Å². The number of carbonyl (C=O) groups excluding carboxylic acids is 1. The Hall–Kier alpha value is -2.82. The Morgan fingerprint density at radius 2 is 1.50 bits per heavy atom. The van der Waals surface area contributed by atoms with Crippen LogP contribution in [0.2, 0.25) is 0 Å². The molecule has 0 unspecified atom stereocenters. The molecule has 0 radical (unpaired) electrons. The topological polar surface area (TPSA) is 95.4 Å². The molecule has 17 heteroatoms. The van der Waals surface area contributed by atoms with E-state index < -0.39 is 107 Å². The molecular formula is C27H25F9N2O4S2. The van der Waals surface area contributed by atoms with Crippen molar-refractivity contribution in [3.8, 4) is 0 Å². The predicted octanol–water partition coefficient (Wildman–Crippen LogP) is 5.88. The lowest BCUT2D eigenvalue weighted by Gasteiger charge is -2.44. The fraction of sp³-hybridized carbons (Fsp3) is 0.519. The minimum atomic E-state index is -6.41. The SMILES string of the molecule is N=S1(=O)CCC(F)(C(=O)N2CC[C@]3(S(=O)(=O)c4ccc(F)cc4)c4ccc(C(F)(C(F)(F)F)C(F)(F)F)cc4CC[C@H]23)CC1. The Bertz CT molecular complexity index is 1680. The van der Waals surface area contributed by atoms with Crippen LogP contribution < -0.4 is 0 Å². The maximum atomic E-state index is 16.0. The van der Waals surface area contributed by atoms with Gasteiger partial charge in [0.2, 0.25) is 0 Å². The van der Waals surface area contributed by atoms with Gasteiger partial charge in [-0.3, -0.25) is 9.57 Å². The van der Waals surface area contributed by atoms with Crippen LogP contribution in [0, 0.1) is 10.6 Å². The molecule has 1 amide bonds. The standard InChI is InChI=1S/C27H25F9N2O4S2/c28-18-3-5-19(6-4-18)44(41,42)24-9-12-38(22(39)23(29)10-13-43(37,40)14-11-23)21(24)8-1-16-15-17(2-7-20(16)24)25(30,26(31,32)33)27(34,35)36/h2-7,15,21,37H,1,8-14H2/t21-,23?,24-,43?/m0/s1. The second-order valence-electron chi connectivity index (χ2n) is 11.4. The van der Waals surface area contributed by atoms with E-state index in [1.54, 1.807) is 0 Å². The van der Waals surface area contributed by atoms with Crippen molar-refractivity contribution in [1.29, 1.82) is 4.78 Å². The zero-order valence-electron chi connectivity index (χ0n) is 22.6. The molecule has 3 aliphatic rings. The molecule has 44 heavy (non-hydrogen) atoms. The summed E-state index contributed by atoms with van der Waals surface area (Å²) in [4.78, 5) is 14.1. The molecule has 2 atom stereocenters. The molecule has 2 aromatic carbocycles. The van der Waals surface area contributed by atoms with Gasteiger partial charge in [0.1, 0.15) is 10.6 Å². The van der Waals surface area contributed by atoms with Crippen molar-refractivity contribution in [1.82, 2.24) is 4.90 Å². The zero-order chi connectivity index (χ0) is 32.7. The first-order valence-electron chi connectivity index (χ1n) is 13.3. The van der Waals surface area contributed by atoms with Crippen LogP contribution in [0.3, 0.4) is 0 Å². The minimum Gasteiger partial charge on any atom is -0.335 e. The summed E-state index contributed by atoms with van der Waals surface area (Å²) in [6, 6.07) is 3.29. The Labute approximate surface area is 246 Å². The lowest BCUT2D eigenvalue weighted by molar-refractivity contribution is -0.348. The number of rotatable bonds is 4. The molecular weight excluding hydrogens is 651 g/mol. The van der Waals surface area contributed by atoms with Crippen LogP contribution in [0.1, 0.15) is 42.4 Å². The van der Waals surface area contributed by atoms with Crippen LogP contribution in [0.15, 0.2) is 47.4 Å². The first kappa shape index (κ1) is 32.6. The van der Waals surface area contributed by atoms with E-state index in [1.165, 1.54) is 0 Å².